The summed E-state index contributed by atoms with van der Waals surface area (Å²) in [6, 6.07) is 0. The third kappa shape index (κ3) is 30.2. The number of aliphatic hydroxyl groups excluding tert-OH is 3. The molecule has 2 unspecified atom stereocenters. The number of ether oxygens (including phenoxy) is 4. The van der Waals surface area contributed by atoms with E-state index in [9.17, 15) is 37.9 Å². The number of unbranched alkanes of at least 4 members (excludes halogenated alkanes) is 22. The highest BCUT2D eigenvalue weighted by atomic mass is 32.2. The van der Waals surface area contributed by atoms with Gasteiger partial charge in [0.15, 0.2) is 12.4 Å². The fourth-order valence-corrected chi connectivity index (χ4v) is 7.59. The lowest BCUT2D eigenvalue weighted by Crippen LogP contribution is -2.60. The maximum absolute atomic E-state index is 12.8. The van der Waals surface area contributed by atoms with Crippen LogP contribution < -0.4 is 0 Å². The molecule has 0 amide bonds. The molecule has 0 spiro atoms. The van der Waals surface area contributed by atoms with Gasteiger partial charge in [-0.25, -0.2) is 0 Å². The van der Waals surface area contributed by atoms with E-state index in [-0.39, 0.29) is 19.4 Å². The van der Waals surface area contributed by atoms with Crippen molar-refractivity contribution in [2.24, 2.45) is 0 Å². The molecule has 0 bridgehead atoms. The third-order valence-corrected chi connectivity index (χ3v) is 11.3. The van der Waals surface area contributed by atoms with Crippen LogP contribution in [0.5, 0.6) is 0 Å². The molecule has 0 aromatic rings. The van der Waals surface area contributed by atoms with Crippen molar-refractivity contribution in [1.29, 1.82) is 0 Å². The van der Waals surface area contributed by atoms with Gasteiger partial charge < -0.3 is 34.3 Å². The Kier molecular flexibility index (Phi) is 33.5. The smallest absolute Gasteiger partial charge is 0.306 e. The number of hydrogen-bond acceptors (Lipinski definition) is 11. The van der Waals surface area contributed by atoms with E-state index in [2.05, 4.69) is 38.2 Å². The molecular weight excluding hydrogens is 765 g/mol. The van der Waals surface area contributed by atoms with Gasteiger partial charge in [0.1, 0.15) is 36.8 Å². The van der Waals surface area contributed by atoms with Gasteiger partial charge in [-0.15, -0.1) is 0 Å². The van der Waals surface area contributed by atoms with Crippen molar-refractivity contribution in [1.82, 2.24) is 0 Å². The highest BCUT2D eigenvalue weighted by molar-refractivity contribution is 7.85. The molecule has 13 heteroatoms. The lowest BCUT2D eigenvalue weighted by Gasteiger charge is -2.40. The van der Waals surface area contributed by atoms with Crippen LogP contribution in [0.3, 0.4) is 0 Å². The Morgan fingerprint density at radius 1 is 0.569 bits per heavy atom. The van der Waals surface area contributed by atoms with Crippen LogP contribution >= 0.6 is 0 Å². The number of carbonyl (C=O) groups excluding carboxylic acids is 2. The second kappa shape index (κ2) is 35.8. The van der Waals surface area contributed by atoms with E-state index in [4.69, 9.17) is 18.9 Å². The third-order valence-electron chi connectivity index (χ3n) is 10.5. The van der Waals surface area contributed by atoms with E-state index >= 15 is 0 Å². The van der Waals surface area contributed by atoms with E-state index in [1.165, 1.54) is 96.3 Å². The minimum atomic E-state index is -4.60. The second-order valence-corrected chi connectivity index (χ2v) is 17.6. The van der Waals surface area contributed by atoms with Gasteiger partial charge in [0.2, 0.25) is 0 Å². The van der Waals surface area contributed by atoms with Crippen LogP contribution in [-0.4, -0.2) is 96.0 Å². The van der Waals surface area contributed by atoms with Gasteiger partial charge in [-0.2, -0.15) is 8.42 Å². The standard InChI is InChI=1S/C45H82O12S/c1-3-5-7-9-11-13-15-17-19-21-23-25-27-29-31-33-40(46)54-35-38(36-55-45-44(50)43(49)42(48)39(57-45)37-58(51,52)53)56-41(47)34-32-30-28-26-24-22-20-18-16-14-12-10-8-6-4-2/h17,19,24,26,38-39,42-45,48-50H,3-16,18,20-23,25,27-37H2,1-2H3,(H,51,52,53)/b19-17+,26-24+/t38-,39-,42-,43?,44?,45+/m1/s1. The van der Waals surface area contributed by atoms with E-state index in [0.717, 1.165) is 57.8 Å². The average molecular weight is 847 g/mol. The number of hydrogen-bond donors (Lipinski definition) is 4. The van der Waals surface area contributed by atoms with Crippen LogP contribution in [0.1, 0.15) is 194 Å². The van der Waals surface area contributed by atoms with Gasteiger partial charge >= 0.3 is 11.9 Å². The van der Waals surface area contributed by atoms with E-state index < -0.39 is 71.2 Å². The molecule has 1 rings (SSSR count). The Bertz CT molecular complexity index is 1180. The zero-order valence-corrected chi connectivity index (χ0v) is 37.0. The van der Waals surface area contributed by atoms with Crippen LogP contribution in [0.2, 0.25) is 0 Å². The summed E-state index contributed by atoms with van der Waals surface area (Å²) in [6.07, 6.45) is 29.4. The quantitative estimate of drug-likeness (QED) is 0.0200. The summed E-state index contributed by atoms with van der Waals surface area (Å²) in [6.45, 7) is 3.73. The van der Waals surface area contributed by atoms with Crippen LogP contribution in [0.25, 0.3) is 0 Å². The summed E-state index contributed by atoms with van der Waals surface area (Å²) in [5.74, 6) is -2.02. The van der Waals surface area contributed by atoms with Crippen LogP contribution in [0.4, 0.5) is 0 Å². The fraction of sp³-hybridized carbons (Fsp3) is 0.867. The first-order valence-corrected chi connectivity index (χ1v) is 24.5. The summed E-state index contributed by atoms with van der Waals surface area (Å²) < 4.78 is 54.0. The normalized spacial score (nSPS) is 20.6. The van der Waals surface area contributed by atoms with Crippen molar-refractivity contribution in [3.8, 4) is 0 Å². The zero-order valence-electron chi connectivity index (χ0n) is 36.2. The fourth-order valence-electron chi connectivity index (χ4n) is 6.90. The lowest BCUT2D eigenvalue weighted by molar-refractivity contribution is -0.297. The van der Waals surface area contributed by atoms with Gasteiger partial charge in [0.05, 0.1) is 6.61 Å². The van der Waals surface area contributed by atoms with Crippen LogP contribution in [0.15, 0.2) is 24.3 Å². The Morgan fingerprint density at radius 3 is 1.47 bits per heavy atom. The summed E-state index contributed by atoms with van der Waals surface area (Å²) in [5.41, 5.74) is 0. The van der Waals surface area contributed by atoms with Gasteiger partial charge in [-0.3, -0.25) is 14.1 Å². The topological polar surface area (TPSA) is 186 Å². The zero-order chi connectivity index (χ0) is 42.7. The second-order valence-electron chi connectivity index (χ2n) is 16.1. The number of rotatable bonds is 38. The first kappa shape index (κ1) is 54.1. The molecule has 4 N–H and O–H groups in total. The number of allylic oxidation sites excluding steroid dienone is 4. The van der Waals surface area contributed by atoms with Crippen molar-refractivity contribution in [2.75, 3.05) is 19.0 Å². The summed E-state index contributed by atoms with van der Waals surface area (Å²) >= 11 is 0. The van der Waals surface area contributed by atoms with E-state index in [1.807, 2.05) is 0 Å². The molecular formula is C45H82O12S. The molecule has 1 heterocycles. The Morgan fingerprint density at radius 2 is 0.983 bits per heavy atom. The van der Waals surface area contributed by atoms with Gasteiger partial charge in [-0.05, 0) is 64.2 Å². The summed E-state index contributed by atoms with van der Waals surface area (Å²) in [5, 5.41) is 30.9. The minimum absolute atomic E-state index is 0.134. The molecule has 0 aromatic heterocycles. The predicted octanol–water partition coefficient (Wildman–Crippen LogP) is 9.23. The monoisotopic (exact) mass is 847 g/mol. The van der Waals surface area contributed by atoms with E-state index in [1.54, 1.807) is 0 Å². The number of carbonyl (C=O) groups is 2. The van der Waals surface area contributed by atoms with Crippen molar-refractivity contribution < 1.29 is 56.8 Å². The SMILES string of the molecule is CCCCCCCC/C=C/CCCCCCCC(=O)OC[C@H](CO[C@H]1O[C@H](CS(=O)(=O)O)[C@@H](O)C(O)C1O)OC(=O)CCCC/C=C/CCCCCCCCCCC. The van der Waals surface area contributed by atoms with Crippen molar-refractivity contribution in [3.63, 3.8) is 0 Å². The van der Waals surface area contributed by atoms with Crippen molar-refractivity contribution >= 4 is 22.1 Å². The summed E-state index contributed by atoms with van der Waals surface area (Å²) in [4.78, 5) is 25.4. The Hall–Kier alpha value is -1.87. The molecule has 12 nitrogen and oxygen atoms in total. The number of esters is 2. The predicted molar refractivity (Wildman–Crippen MR) is 229 cm³/mol. The molecule has 1 aliphatic rings. The van der Waals surface area contributed by atoms with Gasteiger partial charge in [0.25, 0.3) is 10.1 Å². The highest BCUT2D eigenvalue weighted by Gasteiger charge is 2.46. The van der Waals surface area contributed by atoms with E-state index in [0.29, 0.717) is 12.8 Å². The molecule has 0 aromatic carbocycles. The minimum Gasteiger partial charge on any atom is -0.462 e. The van der Waals surface area contributed by atoms with Gasteiger partial charge in [-0.1, -0.05) is 141 Å². The maximum Gasteiger partial charge on any atom is 0.306 e. The van der Waals surface area contributed by atoms with Crippen molar-refractivity contribution in [3.05, 3.63) is 24.3 Å². The molecule has 1 saturated heterocycles. The Labute approximate surface area is 351 Å². The average Bonchev–Trinajstić information content (AvgIpc) is 3.18. The Balaban J connectivity index is 2.46. The lowest BCUT2D eigenvalue weighted by atomic mass is 10.00. The molecule has 340 valence electrons. The first-order chi connectivity index (χ1) is 28.0. The highest BCUT2D eigenvalue weighted by Crippen LogP contribution is 2.24. The number of aliphatic hydroxyl groups is 3. The molecule has 0 radical (unpaired) electrons. The summed E-state index contributed by atoms with van der Waals surface area (Å²) in [7, 11) is -4.60. The van der Waals surface area contributed by atoms with Crippen molar-refractivity contribution in [2.45, 2.75) is 230 Å². The molecule has 6 atom stereocenters. The molecule has 1 fully saturated rings. The molecule has 1 aliphatic heterocycles. The molecule has 58 heavy (non-hydrogen) atoms. The first-order valence-electron chi connectivity index (χ1n) is 22.9. The van der Waals surface area contributed by atoms with Crippen LogP contribution in [-0.2, 0) is 38.7 Å². The largest absolute Gasteiger partial charge is 0.462 e. The maximum atomic E-state index is 12.8. The molecule has 0 aliphatic carbocycles. The van der Waals surface area contributed by atoms with Gasteiger partial charge in [0, 0.05) is 12.8 Å². The molecule has 0 saturated carbocycles. The van der Waals surface area contributed by atoms with Crippen LogP contribution in [0, 0.1) is 0 Å².